The molecule has 1 unspecified atom stereocenters. The topological polar surface area (TPSA) is 71.2 Å². The molecule has 0 aliphatic carbocycles. The summed E-state index contributed by atoms with van der Waals surface area (Å²) in [5.74, 6) is -0.793. The molecule has 0 amide bonds. The molecule has 2 heterocycles. The number of hydrogen-bond acceptors (Lipinski definition) is 4. The van der Waals surface area contributed by atoms with E-state index < -0.39 is 12.0 Å². The molecule has 0 radical (unpaired) electrons. The van der Waals surface area contributed by atoms with E-state index in [9.17, 15) is 9.90 Å². The second-order valence-corrected chi connectivity index (χ2v) is 4.96. The molecule has 2 aromatic rings. The first-order valence-corrected chi connectivity index (χ1v) is 6.82. The molecule has 0 saturated carbocycles. The van der Waals surface area contributed by atoms with Crippen molar-refractivity contribution in [3.05, 3.63) is 54.4 Å². The van der Waals surface area contributed by atoms with Crippen LogP contribution >= 0.6 is 0 Å². The van der Waals surface area contributed by atoms with Crippen LogP contribution in [-0.2, 0) is 11.3 Å². The summed E-state index contributed by atoms with van der Waals surface area (Å²) in [7, 11) is 0. The van der Waals surface area contributed by atoms with E-state index in [1.165, 1.54) is 0 Å². The average Bonchev–Trinajstić information content (AvgIpc) is 2.96. The Morgan fingerprint density at radius 2 is 2.10 bits per heavy atom. The predicted octanol–water partition coefficient (Wildman–Crippen LogP) is 1.48. The lowest BCUT2D eigenvalue weighted by Crippen LogP contribution is -2.42. The molecule has 108 valence electrons. The highest BCUT2D eigenvalue weighted by Crippen LogP contribution is 2.17. The van der Waals surface area contributed by atoms with Crippen LogP contribution in [0.2, 0.25) is 0 Å². The lowest BCUT2D eigenvalue weighted by Gasteiger charge is -2.29. The zero-order chi connectivity index (χ0) is 14.7. The van der Waals surface area contributed by atoms with Crippen LogP contribution in [0.5, 0.6) is 0 Å². The number of carboxylic acids is 1. The van der Waals surface area contributed by atoms with Crippen LogP contribution in [-0.4, -0.2) is 43.6 Å². The van der Waals surface area contributed by atoms with E-state index in [0.717, 1.165) is 11.4 Å². The van der Waals surface area contributed by atoms with Crippen molar-refractivity contribution >= 4 is 5.97 Å². The SMILES string of the molecule is O=C(O)C1CC=CCN1Cc1cnnn1-c1ccccc1. The maximum atomic E-state index is 11.3. The van der Waals surface area contributed by atoms with Gasteiger partial charge in [-0.3, -0.25) is 9.69 Å². The molecule has 1 aromatic carbocycles. The molecule has 0 fully saturated rings. The van der Waals surface area contributed by atoms with Gasteiger partial charge in [0.2, 0.25) is 0 Å². The van der Waals surface area contributed by atoms with E-state index in [2.05, 4.69) is 10.3 Å². The largest absolute Gasteiger partial charge is 0.480 e. The first kappa shape index (κ1) is 13.5. The molecular formula is C15H16N4O2. The number of benzene rings is 1. The number of aromatic nitrogens is 3. The van der Waals surface area contributed by atoms with Crippen LogP contribution in [0.4, 0.5) is 0 Å². The van der Waals surface area contributed by atoms with Crippen LogP contribution in [0.1, 0.15) is 12.1 Å². The summed E-state index contributed by atoms with van der Waals surface area (Å²) < 4.78 is 1.75. The van der Waals surface area contributed by atoms with Crippen molar-refractivity contribution in [1.29, 1.82) is 0 Å². The summed E-state index contributed by atoms with van der Waals surface area (Å²) in [6.45, 7) is 1.13. The van der Waals surface area contributed by atoms with Gasteiger partial charge in [-0.1, -0.05) is 35.6 Å². The van der Waals surface area contributed by atoms with Gasteiger partial charge in [0.15, 0.2) is 0 Å². The fourth-order valence-electron chi connectivity index (χ4n) is 2.50. The second-order valence-electron chi connectivity index (χ2n) is 4.96. The van der Waals surface area contributed by atoms with E-state index in [1.54, 1.807) is 10.9 Å². The zero-order valence-electron chi connectivity index (χ0n) is 11.5. The summed E-state index contributed by atoms with van der Waals surface area (Å²) in [6, 6.07) is 9.21. The molecule has 1 N–H and O–H groups in total. The van der Waals surface area contributed by atoms with Crippen molar-refractivity contribution in [2.45, 2.75) is 19.0 Å². The highest BCUT2D eigenvalue weighted by Gasteiger charge is 2.27. The molecule has 1 atom stereocenters. The Balaban J connectivity index is 1.84. The van der Waals surface area contributed by atoms with Crippen molar-refractivity contribution in [3.8, 4) is 5.69 Å². The fraction of sp³-hybridized carbons (Fsp3) is 0.267. The monoisotopic (exact) mass is 284 g/mol. The molecule has 3 rings (SSSR count). The Morgan fingerprint density at radius 1 is 1.29 bits per heavy atom. The highest BCUT2D eigenvalue weighted by atomic mass is 16.4. The Morgan fingerprint density at radius 3 is 2.86 bits per heavy atom. The van der Waals surface area contributed by atoms with Gasteiger partial charge in [0.1, 0.15) is 6.04 Å². The van der Waals surface area contributed by atoms with Crippen LogP contribution in [0.15, 0.2) is 48.7 Å². The smallest absolute Gasteiger partial charge is 0.321 e. The average molecular weight is 284 g/mol. The third-order valence-electron chi connectivity index (χ3n) is 3.58. The normalized spacial score (nSPS) is 18.8. The second kappa shape index (κ2) is 5.88. The van der Waals surface area contributed by atoms with Crippen LogP contribution < -0.4 is 0 Å². The fourth-order valence-corrected chi connectivity index (χ4v) is 2.50. The van der Waals surface area contributed by atoms with Crippen LogP contribution in [0.25, 0.3) is 5.69 Å². The van der Waals surface area contributed by atoms with Crippen molar-refractivity contribution < 1.29 is 9.90 Å². The van der Waals surface area contributed by atoms with E-state index >= 15 is 0 Å². The highest BCUT2D eigenvalue weighted by molar-refractivity contribution is 5.74. The minimum Gasteiger partial charge on any atom is -0.480 e. The zero-order valence-corrected chi connectivity index (χ0v) is 11.5. The summed E-state index contributed by atoms with van der Waals surface area (Å²) in [4.78, 5) is 13.3. The van der Waals surface area contributed by atoms with Gasteiger partial charge < -0.3 is 5.11 Å². The molecular weight excluding hydrogens is 268 g/mol. The molecule has 6 nitrogen and oxygen atoms in total. The van der Waals surface area contributed by atoms with Gasteiger partial charge in [0.05, 0.1) is 17.6 Å². The van der Waals surface area contributed by atoms with Crippen molar-refractivity contribution in [2.24, 2.45) is 0 Å². The lowest BCUT2D eigenvalue weighted by molar-refractivity contribution is -0.143. The van der Waals surface area contributed by atoms with E-state index in [4.69, 9.17) is 0 Å². The molecule has 0 saturated heterocycles. The molecule has 0 bridgehead atoms. The lowest BCUT2D eigenvalue weighted by atomic mass is 10.1. The number of rotatable bonds is 4. The molecule has 21 heavy (non-hydrogen) atoms. The van der Waals surface area contributed by atoms with Gasteiger partial charge in [-0.05, 0) is 18.6 Å². The van der Waals surface area contributed by atoms with Crippen LogP contribution in [0.3, 0.4) is 0 Å². The molecule has 1 aliphatic rings. The third-order valence-corrected chi connectivity index (χ3v) is 3.58. The molecule has 1 aromatic heterocycles. The van der Waals surface area contributed by atoms with Gasteiger partial charge in [-0.2, -0.15) is 0 Å². The summed E-state index contributed by atoms with van der Waals surface area (Å²) >= 11 is 0. The summed E-state index contributed by atoms with van der Waals surface area (Å²) in [5, 5.41) is 17.4. The van der Waals surface area contributed by atoms with Gasteiger partial charge in [-0.15, -0.1) is 5.10 Å². The Kier molecular flexibility index (Phi) is 3.79. The molecule has 6 heteroatoms. The Labute approximate surface area is 122 Å². The standard InChI is InChI=1S/C15H16N4O2/c20-15(21)14-8-4-5-9-18(14)11-13-10-16-17-19(13)12-6-2-1-3-7-12/h1-7,10,14H,8-9,11H2,(H,20,21). The minimum atomic E-state index is -0.793. The first-order chi connectivity index (χ1) is 10.3. The predicted molar refractivity (Wildman–Crippen MR) is 76.9 cm³/mol. The van der Waals surface area contributed by atoms with E-state index in [1.807, 2.05) is 47.4 Å². The number of hydrogen-bond donors (Lipinski definition) is 1. The molecule has 0 spiro atoms. The quantitative estimate of drug-likeness (QED) is 0.861. The minimum absolute atomic E-state index is 0.492. The number of carboxylic acid groups (broad SMARTS) is 1. The maximum Gasteiger partial charge on any atom is 0.321 e. The number of aliphatic carboxylic acids is 1. The van der Waals surface area contributed by atoms with Gasteiger partial charge in [-0.25, -0.2) is 4.68 Å². The number of para-hydroxylation sites is 1. The van der Waals surface area contributed by atoms with Gasteiger partial charge in [0.25, 0.3) is 0 Å². The van der Waals surface area contributed by atoms with Crippen molar-refractivity contribution in [2.75, 3.05) is 6.54 Å². The summed E-state index contributed by atoms with van der Waals surface area (Å²) in [5.41, 5.74) is 1.80. The summed E-state index contributed by atoms with van der Waals surface area (Å²) in [6.07, 6.45) is 6.13. The van der Waals surface area contributed by atoms with Crippen molar-refractivity contribution in [3.63, 3.8) is 0 Å². The van der Waals surface area contributed by atoms with Crippen molar-refractivity contribution in [1.82, 2.24) is 19.9 Å². The van der Waals surface area contributed by atoms with Gasteiger partial charge >= 0.3 is 5.97 Å². The number of nitrogens with zero attached hydrogens (tertiary/aromatic N) is 4. The first-order valence-electron chi connectivity index (χ1n) is 6.82. The third kappa shape index (κ3) is 2.85. The van der Waals surface area contributed by atoms with E-state index in [-0.39, 0.29) is 0 Å². The molecule has 1 aliphatic heterocycles. The maximum absolute atomic E-state index is 11.3. The number of carbonyl (C=O) groups is 1. The Hall–Kier alpha value is -2.47. The van der Waals surface area contributed by atoms with E-state index in [0.29, 0.717) is 19.5 Å². The Bertz CT molecular complexity index is 651. The van der Waals surface area contributed by atoms with Gasteiger partial charge in [0, 0.05) is 13.1 Å². The van der Waals surface area contributed by atoms with Crippen LogP contribution in [0, 0.1) is 0 Å².